The Morgan fingerprint density at radius 3 is 2.58 bits per heavy atom. The van der Waals surface area contributed by atoms with Gasteiger partial charge >= 0.3 is 0 Å². The van der Waals surface area contributed by atoms with Crippen LogP contribution in [0.15, 0.2) is 24.3 Å². The number of benzene rings is 1. The molecule has 0 saturated heterocycles. The Morgan fingerprint density at radius 1 is 1.33 bits per heavy atom. The lowest BCUT2D eigenvalue weighted by atomic mass is 10.0. The van der Waals surface area contributed by atoms with Crippen LogP contribution in [-0.4, -0.2) is 6.80 Å². The third-order valence-corrected chi connectivity index (χ3v) is 1.84. The molecule has 66 valence electrons. The number of nitrogens with one attached hydrogen (secondary N) is 1. The first-order valence-corrected chi connectivity index (χ1v) is 4.14. The van der Waals surface area contributed by atoms with E-state index >= 15 is 0 Å². The molecule has 1 N–H and O–H groups in total. The number of para-hydroxylation sites is 1. The van der Waals surface area contributed by atoms with Crippen LogP contribution >= 0.6 is 0 Å². The van der Waals surface area contributed by atoms with Gasteiger partial charge in [0.1, 0.15) is 0 Å². The summed E-state index contributed by atoms with van der Waals surface area (Å²) in [5, 5.41) is 2.69. The van der Waals surface area contributed by atoms with Crippen molar-refractivity contribution in [3.63, 3.8) is 0 Å². The zero-order valence-electron chi connectivity index (χ0n) is 7.47. The van der Waals surface area contributed by atoms with Crippen LogP contribution in [0.3, 0.4) is 0 Å². The monoisotopic (exact) mass is 167 g/mol. The molecule has 0 aromatic heterocycles. The summed E-state index contributed by atoms with van der Waals surface area (Å²) in [6.07, 6.45) is 0. The van der Waals surface area contributed by atoms with Crippen molar-refractivity contribution in [1.29, 1.82) is 0 Å². The minimum Gasteiger partial charge on any atom is -0.358 e. The Balaban J connectivity index is 2.92. The first-order valence-electron chi connectivity index (χ1n) is 4.14. The van der Waals surface area contributed by atoms with Gasteiger partial charge in [-0.15, -0.1) is 0 Å². The first-order chi connectivity index (χ1) is 5.75. The lowest BCUT2D eigenvalue weighted by Gasteiger charge is -2.11. The molecule has 0 saturated carbocycles. The molecule has 1 aromatic rings. The van der Waals surface area contributed by atoms with Gasteiger partial charge in [-0.3, -0.25) is 0 Å². The van der Waals surface area contributed by atoms with Gasteiger partial charge in [-0.05, 0) is 17.5 Å². The second kappa shape index (κ2) is 4.10. The van der Waals surface area contributed by atoms with Gasteiger partial charge < -0.3 is 5.32 Å². The summed E-state index contributed by atoms with van der Waals surface area (Å²) >= 11 is 0. The maximum absolute atomic E-state index is 12.0. The molecule has 0 aliphatic rings. The van der Waals surface area contributed by atoms with Crippen LogP contribution in [-0.2, 0) is 0 Å². The van der Waals surface area contributed by atoms with Crippen LogP contribution in [0.25, 0.3) is 0 Å². The normalized spacial score (nSPS) is 10.3. The van der Waals surface area contributed by atoms with E-state index in [9.17, 15) is 4.39 Å². The number of hydrogen-bond acceptors (Lipinski definition) is 1. The molecule has 1 nitrogen and oxygen atoms in total. The van der Waals surface area contributed by atoms with Crippen molar-refractivity contribution in [3.8, 4) is 0 Å². The Labute approximate surface area is 72.6 Å². The number of hydrogen-bond donors (Lipinski definition) is 1. The van der Waals surface area contributed by atoms with Crippen LogP contribution in [0.5, 0.6) is 0 Å². The molecule has 12 heavy (non-hydrogen) atoms. The molecular formula is C10H14FN. The SMILES string of the molecule is CC(C)c1ccccc1NCF. The molecule has 0 heterocycles. The van der Waals surface area contributed by atoms with E-state index < -0.39 is 6.80 Å². The van der Waals surface area contributed by atoms with Crippen LogP contribution < -0.4 is 5.32 Å². The van der Waals surface area contributed by atoms with Gasteiger partial charge in [-0.1, -0.05) is 32.0 Å². The molecule has 1 aromatic carbocycles. The molecule has 0 radical (unpaired) electrons. The number of rotatable bonds is 3. The zero-order valence-corrected chi connectivity index (χ0v) is 7.47. The highest BCUT2D eigenvalue weighted by Gasteiger charge is 2.03. The lowest BCUT2D eigenvalue weighted by Crippen LogP contribution is -2.00. The minimum atomic E-state index is -0.510. The van der Waals surface area contributed by atoms with Gasteiger partial charge in [0.25, 0.3) is 0 Å². The predicted molar refractivity (Wildman–Crippen MR) is 50.1 cm³/mol. The van der Waals surface area contributed by atoms with Crippen molar-refractivity contribution in [1.82, 2.24) is 0 Å². The van der Waals surface area contributed by atoms with Gasteiger partial charge in [0.05, 0.1) is 0 Å². The van der Waals surface area contributed by atoms with Crippen molar-refractivity contribution in [2.45, 2.75) is 19.8 Å². The summed E-state index contributed by atoms with van der Waals surface area (Å²) < 4.78 is 12.0. The predicted octanol–water partition coefficient (Wildman–Crippen LogP) is 3.15. The van der Waals surface area contributed by atoms with E-state index in [0.29, 0.717) is 5.92 Å². The van der Waals surface area contributed by atoms with E-state index in [2.05, 4.69) is 19.2 Å². The molecule has 0 aliphatic heterocycles. The van der Waals surface area contributed by atoms with Crippen LogP contribution in [0.4, 0.5) is 10.1 Å². The second-order valence-electron chi connectivity index (χ2n) is 3.05. The third kappa shape index (κ3) is 1.97. The summed E-state index contributed by atoms with van der Waals surface area (Å²) in [7, 11) is 0. The highest BCUT2D eigenvalue weighted by atomic mass is 19.1. The van der Waals surface area contributed by atoms with Crippen molar-refractivity contribution in [2.75, 3.05) is 12.1 Å². The maximum Gasteiger partial charge on any atom is 0.159 e. The standard InChI is InChI=1S/C10H14FN/c1-8(2)9-5-3-4-6-10(9)12-7-11/h3-6,8,12H,7H2,1-2H3. The van der Waals surface area contributed by atoms with Gasteiger partial charge in [0, 0.05) is 5.69 Å². The highest BCUT2D eigenvalue weighted by Crippen LogP contribution is 2.23. The van der Waals surface area contributed by atoms with Crippen molar-refractivity contribution in [3.05, 3.63) is 29.8 Å². The number of anilines is 1. The average Bonchev–Trinajstić information content (AvgIpc) is 2.05. The Kier molecular flexibility index (Phi) is 3.09. The van der Waals surface area contributed by atoms with Crippen molar-refractivity contribution < 1.29 is 4.39 Å². The third-order valence-electron chi connectivity index (χ3n) is 1.84. The van der Waals surface area contributed by atoms with Gasteiger partial charge in [-0.2, -0.15) is 0 Å². The van der Waals surface area contributed by atoms with E-state index in [1.807, 2.05) is 24.3 Å². The molecule has 1 rings (SSSR count). The van der Waals surface area contributed by atoms with Gasteiger partial charge in [0.2, 0.25) is 0 Å². The fourth-order valence-corrected chi connectivity index (χ4v) is 1.23. The van der Waals surface area contributed by atoms with E-state index in [1.165, 1.54) is 0 Å². The smallest absolute Gasteiger partial charge is 0.159 e. The molecule has 0 spiro atoms. The number of alkyl halides is 1. The fourth-order valence-electron chi connectivity index (χ4n) is 1.23. The van der Waals surface area contributed by atoms with Crippen LogP contribution in [0.2, 0.25) is 0 Å². The van der Waals surface area contributed by atoms with E-state index in [4.69, 9.17) is 0 Å². The average molecular weight is 167 g/mol. The lowest BCUT2D eigenvalue weighted by molar-refractivity contribution is 0.536. The summed E-state index contributed by atoms with van der Waals surface area (Å²) in [4.78, 5) is 0. The Bertz CT molecular complexity index is 245. The molecule has 0 aliphatic carbocycles. The molecule has 0 amide bonds. The van der Waals surface area contributed by atoms with Gasteiger partial charge in [-0.25, -0.2) is 4.39 Å². The fraction of sp³-hybridized carbons (Fsp3) is 0.400. The Morgan fingerprint density at radius 2 is 2.00 bits per heavy atom. The second-order valence-corrected chi connectivity index (χ2v) is 3.05. The minimum absolute atomic E-state index is 0.431. The molecule has 0 fully saturated rings. The van der Waals surface area contributed by atoms with E-state index in [0.717, 1.165) is 11.3 Å². The van der Waals surface area contributed by atoms with Crippen molar-refractivity contribution >= 4 is 5.69 Å². The quantitative estimate of drug-likeness (QED) is 0.682. The van der Waals surface area contributed by atoms with Gasteiger partial charge in [0.15, 0.2) is 6.80 Å². The number of halogens is 1. The molecule has 0 unspecified atom stereocenters. The van der Waals surface area contributed by atoms with E-state index in [-0.39, 0.29) is 0 Å². The molecule has 0 atom stereocenters. The highest BCUT2D eigenvalue weighted by molar-refractivity contribution is 5.52. The Hall–Kier alpha value is -1.05. The molecule has 0 bridgehead atoms. The van der Waals surface area contributed by atoms with Crippen LogP contribution in [0, 0.1) is 0 Å². The largest absolute Gasteiger partial charge is 0.358 e. The summed E-state index contributed by atoms with van der Waals surface area (Å²) in [6, 6.07) is 7.79. The molecule has 2 heteroatoms. The zero-order chi connectivity index (χ0) is 8.97. The topological polar surface area (TPSA) is 12.0 Å². The van der Waals surface area contributed by atoms with Crippen LogP contribution in [0.1, 0.15) is 25.3 Å². The molecular weight excluding hydrogens is 153 g/mol. The summed E-state index contributed by atoms with van der Waals surface area (Å²) in [5.41, 5.74) is 2.06. The summed E-state index contributed by atoms with van der Waals surface area (Å²) in [5.74, 6) is 0.431. The first kappa shape index (κ1) is 9.04. The van der Waals surface area contributed by atoms with E-state index in [1.54, 1.807) is 0 Å². The van der Waals surface area contributed by atoms with Crippen molar-refractivity contribution in [2.24, 2.45) is 0 Å². The summed E-state index contributed by atoms with van der Waals surface area (Å²) in [6.45, 7) is 3.68. The maximum atomic E-state index is 12.0.